The van der Waals surface area contributed by atoms with Gasteiger partial charge in [-0.1, -0.05) is 26.7 Å². The molecule has 1 unspecified atom stereocenters. The number of hydrogen-bond acceptors (Lipinski definition) is 4. The lowest BCUT2D eigenvalue weighted by Gasteiger charge is -2.23. The van der Waals surface area contributed by atoms with Crippen LogP contribution in [0.1, 0.15) is 70.7 Å². The van der Waals surface area contributed by atoms with Crippen LogP contribution in [0, 0.1) is 12.8 Å². The molecule has 0 aromatic carbocycles. The van der Waals surface area contributed by atoms with Crippen molar-refractivity contribution in [2.24, 2.45) is 5.92 Å². The van der Waals surface area contributed by atoms with Crippen LogP contribution in [0.3, 0.4) is 0 Å². The summed E-state index contributed by atoms with van der Waals surface area (Å²) in [5, 5.41) is 7.02. The fourth-order valence-electron chi connectivity index (χ4n) is 3.06. The lowest BCUT2D eigenvalue weighted by molar-refractivity contribution is 0.480. The van der Waals surface area contributed by atoms with Crippen LogP contribution in [-0.2, 0) is 0 Å². The fourth-order valence-corrected chi connectivity index (χ4v) is 3.06. The molecule has 0 aliphatic heterocycles. The number of nitrogens with one attached hydrogen (secondary N) is 2. The molecule has 0 bridgehead atoms. The summed E-state index contributed by atoms with van der Waals surface area (Å²) >= 11 is 0. The quantitative estimate of drug-likeness (QED) is 0.818. The SMILES string of the molecule is CCNc1nc(C(C)C)nc(NC(C)C2CCCC2)c1C. The first-order valence-corrected chi connectivity index (χ1v) is 8.41. The van der Waals surface area contributed by atoms with Gasteiger partial charge in [-0.25, -0.2) is 9.97 Å². The van der Waals surface area contributed by atoms with E-state index < -0.39 is 0 Å². The Balaban J connectivity index is 2.23. The van der Waals surface area contributed by atoms with Crippen molar-refractivity contribution < 1.29 is 0 Å². The van der Waals surface area contributed by atoms with Crippen molar-refractivity contribution >= 4 is 11.6 Å². The monoisotopic (exact) mass is 290 g/mol. The third-order valence-corrected chi connectivity index (χ3v) is 4.50. The van der Waals surface area contributed by atoms with Crippen LogP contribution in [0.5, 0.6) is 0 Å². The maximum atomic E-state index is 4.76. The molecule has 0 radical (unpaired) electrons. The van der Waals surface area contributed by atoms with Gasteiger partial charge in [0.1, 0.15) is 17.5 Å². The zero-order valence-electron chi connectivity index (χ0n) is 14.2. The number of anilines is 2. The van der Waals surface area contributed by atoms with Gasteiger partial charge in [0.2, 0.25) is 0 Å². The molecule has 1 aromatic rings. The molecule has 1 aliphatic carbocycles. The van der Waals surface area contributed by atoms with E-state index >= 15 is 0 Å². The minimum Gasteiger partial charge on any atom is -0.370 e. The molecular weight excluding hydrogens is 260 g/mol. The van der Waals surface area contributed by atoms with Gasteiger partial charge in [-0.05, 0) is 39.5 Å². The maximum Gasteiger partial charge on any atom is 0.135 e. The number of rotatable bonds is 6. The summed E-state index contributed by atoms with van der Waals surface area (Å²) in [4.78, 5) is 9.43. The Bertz CT molecular complexity index is 464. The molecule has 118 valence electrons. The van der Waals surface area contributed by atoms with Crippen LogP contribution in [0.2, 0.25) is 0 Å². The highest BCUT2D eigenvalue weighted by molar-refractivity contribution is 5.57. The molecule has 4 nitrogen and oxygen atoms in total. The topological polar surface area (TPSA) is 49.8 Å². The first-order valence-electron chi connectivity index (χ1n) is 8.41. The second-order valence-electron chi connectivity index (χ2n) is 6.57. The van der Waals surface area contributed by atoms with Gasteiger partial charge in [0.25, 0.3) is 0 Å². The lowest BCUT2D eigenvalue weighted by atomic mass is 10.00. The summed E-state index contributed by atoms with van der Waals surface area (Å²) in [6.45, 7) is 11.7. The summed E-state index contributed by atoms with van der Waals surface area (Å²) in [5.41, 5.74) is 1.13. The van der Waals surface area contributed by atoms with Crippen molar-refractivity contribution in [3.63, 3.8) is 0 Å². The summed E-state index contributed by atoms with van der Waals surface area (Å²) in [7, 11) is 0. The van der Waals surface area contributed by atoms with E-state index in [0.717, 1.165) is 35.5 Å². The molecule has 1 aromatic heterocycles. The van der Waals surface area contributed by atoms with Crippen LogP contribution >= 0.6 is 0 Å². The molecule has 0 amide bonds. The molecule has 0 saturated heterocycles. The fraction of sp³-hybridized carbons (Fsp3) is 0.765. The van der Waals surface area contributed by atoms with Crippen LogP contribution < -0.4 is 10.6 Å². The molecule has 1 fully saturated rings. The Morgan fingerprint density at radius 3 is 2.29 bits per heavy atom. The van der Waals surface area contributed by atoms with E-state index in [-0.39, 0.29) is 0 Å². The minimum atomic E-state index is 0.338. The molecule has 1 heterocycles. The highest BCUT2D eigenvalue weighted by Crippen LogP contribution is 2.30. The smallest absolute Gasteiger partial charge is 0.135 e. The summed E-state index contributed by atoms with van der Waals surface area (Å²) in [6, 6.07) is 0.482. The van der Waals surface area contributed by atoms with Crippen molar-refractivity contribution in [2.75, 3.05) is 17.2 Å². The van der Waals surface area contributed by atoms with E-state index in [9.17, 15) is 0 Å². The van der Waals surface area contributed by atoms with Gasteiger partial charge >= 0.3 is 0 Å². The number of aromatic nitrogens is 2. The van der Waals surface area contributed by atoms with E-state index in [1.807, 2.05) is 0 Å². The third kappa shape index (κ3) is 3.86. The Morgan fingerprint density at radius 1 is 1.10 bits per heavy atom. The predicted molar refractivity (Wildman–Crippen MR) is 90.1 cm³/mol. The molecule has 2 rings (SSSR count). The van der Waals surface area contributed by atoms with Gasteiger partial charge in [-0.3, -0.25) is 0 Å². The largest absolute Gasteiger partial charge is 0.370 e. The van der Waals surface area contributed by atoms with Crippen LogP contribution in [-0.4, -0.2) is 22.6 Å². The Kier molecular flexibility index (Phi) is 5.43. The standard InChI is InChI=1S/C17H30N4/c1-6-18-16-12(4)17(21-15(20-16)11(2)3)19-13(5)14-9-7-8-10-14/h11,13-14H,6-10H2,1-5H3,(H2,18,19,20,21). The molecule has 0 spiro atoms. The van der Waals surface area contributed by atoms with Crippen molar-refractivity contribution in [1.29, 1.82) is 0 Å². The van der Waals surface area contributed by atoms with Crippen LogP contribution in [0.4, 0.5) is 11.6 Å². The van der Waals surface area contributed by atoms with Crippen molar-refractivity contribution in [2.45, 2.75) is 72.3 Å². The molecule has 21 heavy (non-hydrogen) atoms. The average Bonchev–Trinajstić information content (AvgIpc) is 2.97. The van der Waals surface area contributed by atoms with E-state index in [4.69, 9.17) is 4.98 Å². The average molecular weight is 290 g/mol. The van der Waals surface area contributed by atoms with Crippen molar-refractivity contribution in [3.05, 3.63) is 11.4 Å². The Labute approximate surface area is 129 Å². The number of nitrogens with zero attached hydrogens (tertiary/aromatic N) is 2. The van der Waals surface area contributed by atoms with Gasteiger partial charge in [0.05, 0.1) is 0 Å². The summed E-state index contributed by atoms with van der Waals surface area (Å²) in [5.74, 6) is 4.01. The molecule has 4 heteroatoms. The Hall–Kier alpha value is -1.32. The van der Waals surface area contributed by atoms with E-state index in [1.54, 1.807) is 0 Å². The second kappa shape index (κ2) is 7.10. The predicted octanol–water partition coefficient (Wildman–Crippen LogP) is 4.33. The third-order valence-electron chi connectivity index (χ3n) is 4.50. The van der Waals surface area contributed by atoms with Crippen LogP contribution in [0.25, 0.3) is 0 Å². The van der Waals surface area contributed by atoms with Crippen molar-refractivity contribution in [3.8, 4) is 0 Å². The number of hydrogen-bond donors (Lipinski definition) is 2. The van der Waals surface area contributed by atoms with Crippen molar-refractivity contribution in [1.82, 2.24) is 9.97 Å². The highest BCUT2D eigenvalue weighted by atomic mass is 15.1. The van der Waals surface area contributed by atoms with Gasteiger partial charge in [-0.15, -0.1) is 0 Å². The summed E-state index contributed by atoms with van der Waals surface area (Å²) in [6.07, 6.45) is 5.43. The van der Waals surface area contributed by atoms with Gasteiger partial charge in [0.15, 0.2) is 0 Å². The molecule has 1 saturated carbocycles. The van der Waals surface area contributed by atoms with Gasteiger partial charge in [0, 0.05) is 24.1 Å². The van der Waals surface area contributed by atoms with E-state index in [0.29, 0.717) is 12.0 Å². The van der Waals surface area contributed by atoms with E-state index in [1.165, 1.54) is 25.7 Å². The lowest BCUT2D eigenvalue weighted by Crippen LogP contribution is -2.25. The molecule has 1 atom stereocenters. The molecule has 2 N–H and O–H groups in total. The van der Waals surface area contributed by atoms with Gasteiger partial charge in [-0.2, -0.15) is 0 Å². The van der Waals surface area contributed by atoms with Gasteiger partial charge < -0.3 is 10.6 Å². The molecular formula is C17H30N4. The van der Waals surface area contributed by atoms with E-state index in [2.05, 4.69) is 50.2 Å². The summed E-state index contributed by atoms with van der Waals surface area (Å²) < 4.78 is 0. The highest BCUT2D eigenvalue weighted by Gasteiger charge is 2.23. The molecule has 1 aliphatic rings. The second-order valence-corrected chi connectivity index (χ2v) is 6.57. The first kappa shape index (κ1) is 16.1. The minimum absolute atomic E-state index is 0.338. The first-order chi connectivity index (χ1) is 10.0. The zero-order valence-corrected chi connectivity index (χ0v) is 14.2. The maximum absolute atomic E-state index is 4.76. The normalized spacial score (nSPS) is 17.2. The van der Waals surface area contributed by atoms with Crippen LogP contribution in [0.15, 0.2) is 0 Å². The Morgan fingerprint density at radius 2 is 1.71 bits per heavy atom. The zero-order chi connectivity index (χ0) is 15.4.